The van der Waals surface area contributed by atoms with Crippen LogP contribution in [0.4, 0.5) is 8.78 Å². The van der Waals surface area contributed by atoms with E-state index in [-0.39, 0.29) is 30.4 Å². The smallest absolute Gasteiger partial charge is 0.308 e. The number of likely N-dealkylation sites (tertiary alicyclic amines) is 1. The molecule has 0 radical (unpaired) electrons. The maximum absolute atomic E-state index is 13.5. The van der Waals surface area contributed by atoms with Crippen LogP contribution in [0.2, 0.25) is 0 Å². The van der Waals surface area contributed by atoms with Gasteiger partial charge in [-0.05, 0) is 17.5 Å². The van der Waals surface area contributed by atoms with Crippen LogP contribution in [0.15, 0.2) is 18.2 Å². The third-order valence-corrected chi connectivity index (χ3v) is 3.64. The summed E-state index contributed by atoms with van der Waals surface area (Å²) in [4.78, 5) is 24.5. The molecule has 1 N–H and O–H groups in total. The zero-order valence-corrected chi connectivity index (χ0v) is 11.0. The maximum Gasteiger partial charge on any atom is 0.308 e. The first-order chi connectivity index (χ1) is 9.38. The number of carboxylic acids is 1. The Balaban J connectivity index is 2.04. The van der Waals surface area contributed by atoms with Gasteiger partial charge in [0.15, 0.2) is 0 Å². The van der Waals surface area contributed by atoms with Gasteiger partial charge < -0.3 is 10.0 Å². The molecule has 1 aliphatic heterocycles. The molecule has 1 aromatic carbocycles. The quantitative estimate of drug-likeness (QED) is 0.918. The van der Waals surface area contributed by atoms with Gasteiger partial charge in [0.25, 0.3) is 0 Å². The predicted octanol–water partition coefficient (Wildman–Crippen LogP) is 1.69. The molecule has 1 amide bonds. The second-order valence-corrected chi connectivity index (χ2v) is 5.13. The van der Waals surface area contributed by atoms with Crippen molar-refractivity contribution in [3.63, 3.8) is 0 Å². The standard InChI is InChI=1S/C14H15F2NO3/c1-8-6-17(7-11(8)14(19)20)13(18)4-9-2-3-10(15)5-12(9)16/h2-3,5,8,11H,4,6-7H2,1H3,(H,19,20). The molecule has 1 aromatic rings. The third kappa shape index (κ3) is 2.95. The molecule has 1 fully saturated rings. The molecule has 1 heterocycles. The van der Waals surface area contributed by atoms with Gasteiger partial charge in [-0.15, -0.1) is 0 Å². The summed E-state index contributed by atoms with van der Waals surface area (Å²) in [6, 6.07) is 3.06. The molecule has 6 heteroatoms. The van der Waals surface area contributed by atoms with Crippen molar-refractivity contribution in [1.29, 1.82) is 0 Å². The lowest BCUT2D eigenvalue weighted by Crippen LogP contribution is -2.31. The van der Waals surface area contributed by atoms with Crippen LogP contribution >= 0.6 is 0 Å². The first kappa shape index (κ1) is 14.4. The summed E-state index contributed by atoms with van der Waals surface area (Å²) in [5.74, 6) is -3.45. The van der Waals surface area contributed by atoms with Crippen molar-refractivity contribution < 1.29 is 23.5 Å². The number of amides is 1. The normalized spacial score (nSPS) is 22.1. The number of aliphatic carboxylic acids is 1. The number of rotatable bonds is 3. The Morgan fingerprint density at radius 3 is 2.60 bits per heavy atom. The van der Waals surface area contributed by atoms with Gasteiger partial charge in [0.05, 0.1) is 12.3 Å². The number of benzene rings is 1. The average Bonchev–Trinajstić information content (AvgIpc) is 2.75. The first-order valence-corrected chi connectivity index (χ1v) is 6.33. The van der Waals surface area contributed by atoms with Crippen molar-refractivity contribution in [3.05, 3.63) is 35.4 Å². The van der Waals surface area contributed by atoms with Crippen LogP contribution in [0.1, 0.15) is 12.5 Å². The van der Waals surface area contributed by atoms with Crippen LogP contribution < -0.4 is 0 Å². The van der Waals surface area contributed by atoms with Gasteiger partial charge in [0.1, 0.15) is 11.6 Å². The monoisotopic (exact) mass is 283 g/mol. The average molecular weight is 283 g/mol. The second kappa shape index (κ2) is 5.56. The molecule has 108 valence electrons. The van der Waals surface area contributed by atoms with Crippen molar-refractivity contribution in [1.82, 2.24) is 4.90 Å². The maximum atomic E-state index is 13.5. The minimum absolute atomic E-state index is 0.114. The highest BCUT2D eigenvalue weighted by molar-refractivity contribution is 5.81. The van der Waals surface area contributed by atoms with E-state index in [9.17, 15) is 18.4 Å². The first-order valence-electron chi connectivity index (χ1n) is 6.33. The fraction of sp³-hybridized carbons (Fsp3) is 0.429. The highest BCUT2D eigenvalue weighted by atomic mass is 19.1. The van der Waals surface area contributed by atoms with Gasteiger partial charge in [-0.2, -0.15) is 0 Å². The minimum atomic E-state index is -0.930. The Hall–Kier alpha value is -1.98. The van der Waals surface area contributed by atoms with Gasteiger partial charge >= 0.3 is 5.97 Å². The number of carbonyl (C=O) groups excluding carboxylic acids is 1. The van der Waals surface area contributed by atoms with E-state index in [1.807, 2.05) is 0 Å². The Kier molecular flexibility index (Phi) is 4.01. The van der Waals surface area contributed by atoms with Gasteiger partial charge in [-0.1, -0.05) is 13.0 Å². The van der Waals surface area contributed by atoms with E-state index in [0.29, 0.717) is 6.54 Å². The second-order valence-electron chi connectivity index (χ2n) is 5.13. The van der Waals surface area contributed by atoms with Crippen molar-refractivity contribution in [2.75, 3.05) is 13.1 Å². The summed E-state index contributed by atoms with van der Waals surface area (Å²) in [5, 5.41) is 9.01. The minimum Gasteiger partial charge on any atom is -0.481 e. The molecule has 0 saturated carbocycles. The molecule has 0 spiro atoms. The largest absolute Gasteiger partial charge is 0.481 e. The Bertz CT molecular complexity index is 547. The fourth-order valence-corrected chi connectivity index (χ4v) is 2.43. The molecule has 2 unspecified atom stereocenters. The van der Waals surface area contributed by atoms with E-state index in [0.717, 1.165) is 12.1 Å². The Labute approximate surface area is 115 Å². The lowest BCUT2D eigenvalue weighted by molar-refractivity contribution is -0.142. The highest BCUT2D eigenvalue weighted by Crippen LogP contribution is 2.24. The van der Waals surface area contributed by atoms with Crippen molar-refractivity contribution in [3.8, 4) is 0 Å². The molecule has 0 aromatic heterocycles. The Morgan fingerprint density at radius 2 is 2.05 bits per heavy atom. The van der Waals surface area contributed by atoms with Crippen LogP contribution in [0, 0.1) is 23.5 Å². The van der Waals surface area contributed by atoms with Crippen LogP contribution in [0.3, 0.4) is 0 Å². The molecule has 1 aliphatic rings. The number of hydrogen-bond donors (Lipinski definition) is 1. The van der Waals surface area contributed by atoms with E-state index >= 15 is 0 Å². The summed E-state index contributed by atoms with van der Waals surface area (Å²) in [7, 11) is 0. The molecular formula is C14H15F2NO3. The highest BCUT2D eigenvalue weighted by Gasteiger charge is 2.36. The number of carbonyl (C=O) groups is 2. The molecule has 0 aliphatic carbocycles. The van der Waals surface area contributed by atoms with E-state index in [2.05, 4.69) is 0 Å². The van der Waals surface area contributed by atoms with Crippen LogP contribution in [-0.4, -0.2) is 35.0 Å². The number of carboxylic acid groups (broad SMARTS) is 1. The zero-order valence-electron chi connectivity index (χ0n) is 11.0. The van der Waals surface area contributed by atoms with Crippen molar-refractivity contribution in [2.24, 2.45) is 11.8 Å². The fourth-order valence-electron chi connectivity index (χ4n) is 2.43. The Morgan fingerprint density at radius 1 is 1.35 bits per heavy atom. The lowest BCUT2D eigenvalue weighted by Gasteiger charge is -2.16. The number of hydrogen-bond acceptors (Lipinski definition) is 2. The van der Waals surface area contributed by atoms with Crippen molar-refractivity contribution >= 4 is 11.9 Å². The van der Waals surface area contributed by atoms with Crippen molar-refractivity contribution in [2.45, 2.75) is 13.3 Å². The topological polar surface area (TPSA) is 57.6 Å². The molecule has 2 rings (SSSR count). The molecule has 1 saturated heterocycles. The molecule has 2 atom stereocenters. The van der Waals surface area contributed by atoms with E-state index < -0.39 is 23.5 Å². The van der Waals surface area contributed by atoms with Crippen LogP contribution in [0.5, 0.6) is 0 Å². The lowest BCUT2D eigenvalue weighted by atomic mass is 9.99. The number of nitrogens with zero attached hydrogens (tertiary/aromatic N) is 1. The molecule has 0 bridgehead atoms. The number of halogens is 2. The third-order valence-electron chi connectivity index (χ3n) is 3.64. The van der Waals surface area contributed by atoms with E-state index in [1.165, 1.54) is 11.0 Å². The summed E-state index contributed by atoms with van der Waals surface area (Å²) in [6.45, 7) is 2.25. The predicted molar refractivity (Wildman–Crippen MR) is 66.9 cm³/mol. The van der Waals surface area contributed by atoms with Crippen LogP contribution in [-0.2, 0) is 16.0 Å². The molecule has 20 heavy (non-hydrogen) atoms. The summed E-state index contributed by atoms with van der Waals surface area (Å²) in [6.07, 6.45) is -0.189. The van der Waals surface area contributed by atoms with Gasteiger partial charge in [0, 0.05) is 19.2 Å². The summed E-state index contributed by atoms with van der Waals surface area (Å²) < 4.78 is 26.3. The summed E-state index contributed by atoms with van der Waals surface area (Å²) in [5.41, 5.74) is 0.114. The van der Waals surface area contributed by atoms with Gasteiger partial charge in [-0.25, -0.2) is 8.78 Å². The summed E-state index contributed by atoms with van der Waals surface area (Å²) >= 11 is 0. The zero-order chi connectivity index (χ0) is 14.9. The van der Waals surface area contributed by atoms with E-state index in [4.69, 9.17) is 5.11 Å². The van der Waals surface area contributed by atoms with Crippen LogP contribution in [0.25, 0.3) is 0 Å². The van der Waals surface area contributed by atoms with Gasteiger partial charge in [0.2, 0.25) is 5.91 Å². The molecule has 4 nitrogen and oxygen atoms in total. The van der Waals surface area contributed by atoms with Gasteiger partial charge in [-0.3, -0.25) is 9.59 Å². The van der Waals surface area contributed by atoms with E-state index in [1.54, 1.807) is 6.92 Å². The SMILES string of the molecule is CC1CN(C(=O)Cc2ccc(F)cc2F)CC1C(=O)O. The molecular weight excluding hydrogens is 268 g/mol.